The Morgan fingerprint density at radius 3 is 2.93 bits per heavy atom. The largest absolute Gasteiger partial charge is 0.391 e. The van der Waals surface area contributed by atoms with Crippen molar-refractivity contribution in [1.82, 2.24) is 9.78 Å². The average Bonchev–Trinajstić information content (AvgIpc) is 2.56. The van der Waals surface area contributed by atoms with Crippen LogP contribution >= 0.6 is 0 Å². The lowest BCUT2D eigenvalue weighted by Gasteiger charge is -2.31. The molecule has 0 spiro atoms. The first-order chi connectivity index (χ1) is 6.66. The van der Waals surface area contributed by atoms with Crippen LogP contribution in [-0.2, 0) is 0 Å². The Morgan fingerprint density at radius 2 is 2.29 bits per heavy atom. The van der Waals surface area contributed by atoms with Gasteiger partial charge >= 0.3 is 0 Å². The lowest BCUT2D eigenvalue weighted by Crippen LogP contribution is -2.31. The molecule has 0 aliphatic heterocycles. The number of aliphatic hydroxyl groups excluding tert-OH is 1. The molecule has 3 heteroatoms. The van der Waals surface area contributed by atoms with Crippen LogP contribution in [-0.4, -0.2) is 21.0 Å². The molecule has 1 aromatic rings. The highest BCUT2D eigenvalue weighted by Crippen LogP contribution is 2.32. The number of hydrogen-bond donors (Lipinski definition) is 1. The van der Waals surface area contributed by atoms with E-state index in [4.69, 9.17) is 0 Å². The van der Waals surface area contributed by atoms with E-state index < -0.39 is 0 Å². The lowest BCUT2D eigenvalue weighted by molar-refractivity contribution is 0.0519. The van der Waals surface area contributed by atoms with E-state index in [1.807, 2.05) is 24.0 Å². The molecule has 1 heterocycles. The van der Waals surface area contributed by atoms with Gasteiger partial charge in [0.15, 0.2) is 0 Å². The summed E-state index contributed by atoms with van der Waals surface area (Å²) in [6.45, 7) is 4.28. The van der Waals surface area contributed by atoms with Crippen LogP contribution < -0.4 is 0 Å². The van der Waals surface area contributed by atoms with Crippen LogP contribution in [0.25, 0.3) is 0 Å². The monoisotopic (exact) mass is 194 g/mol. The van der Waals surface area contributed by atoms with Gasteiger partial charge in [-0.05, 0) is 37.7 Å². The predicted molar refractivity (Wildman–Crippen MR) is 55.0 cm³/mol. The van der Waals surface area contributed by atoms with Gasteiger partial charge in [-0.15, -0.1) is 0 Å². The third kappa shape index (κ3) is 1.82. The fraction of sp³-hybridized carbons (Fsp3) is 0.727. The van der Waals surface area contributed by atoms with E-state index in [1.165, 1.54) is 0 Å². The van der Waals surface area contributed by atoms with Crippen molar-refractivity contribution < 1.29 is 5.11 Å². The van der Waals surface area contributed by atoms with Crippen LogP contribution in [0, 0.1) is 12.8 Å². The van der Waals surface area contributed by atoms with Crippen molar-refractivity contribution in [3.63, 3.8) is 0 Å². The van der Waals surface area contributed by atoms with Gasteiger partial charge in [0.1, 0.15) is 0 Å². The van der Waals surface area contributed by atoms with Crippen molar-refractivity contribution in [2.45, 2.75) is 45.3 Å². The molecule has 0 saturated heterocycles. The zero-order valence-electron chi connectivity index (χ0n) is 8.85. The molecule has 1 saturated carbocycles. The smallest absolute Gasteiger partial charge is 0.0780 e. The standard InChI is InChI=1S/C11H18N2O/c1-8-3-4-11(14)10(5-8)13-7-9(2)6-12-13/h6-8,10-11,14H,3-5H2,1-2H3. The number of aliphatic hydroxyl groups is 1. The summed E-state index contributed by atoms with van der Waals surface area (Å²) in [5, 5.41) is 14.2. The molecule has 3 unspecified atom stereocenters. The number of aromatic nitrogens is 2. The fourth-order valence-corrected chi connectivity index (χ4v) is 2.23. The minimum atomic E-state index is -0.217. The summed E-state index contributed by atoms with van der Waals surface area (Å²) in [5.74, 6) is 0.702. The topological polar surface area (TPSA) is 38.0 Å². The van der Waals surface area contributed by atoms with Crippen LogP contribution in [0.1, 0.15) is 37.8 Å². The van der Waals surface area contributed by atoms with Crippen LogP contribution in [0.15, 0.2) is 12.4 Å². The summed E-state index contributed by atoms with van der Waals surface area (Å²) in [4.78, 5) is 0. The third-order valence-electron chi connectivity index (χ3n) is 3.11. The molecule has 0 amide bonds. The van der Waals surface area contributed by atoms with Crippen LogP contribution in [0.2, 0.25) is 0 Å². The molecule has 0 radical (unpaired) electrons. The van der Waals surface area contributed by atoms with Crippen LogP contribution in [0.5, 0.6) is 0 Å². The van der Waals surface area contributed by atoms with E-state index >= 15 is 0 Å². The maximum absolute atomic E-state index is 9.89. The Hall–Kier alpha value is -0.830. The third-order valence-corrected chi connectivity index (χ3v) is 3.11. The van der Waals surface area contributed by atoms with Gasteiger partial charge < -0.3 is 5.11 Å². The molecule has 0 bridgehead atoms. The van der Waals surface area contributed by atoms with E-state index in [-0.39, 0.29) is 12.1 Å². The fourth-order valence-electron chi connectivity index (χ4n) is 2.23. The van der Waals surface area contributed by atoms with E-state index in [2.05, 4.69) is 12.0 Å². The van der Waals surface area contributed by atoms with Gasteiger partial charge in [-0.25, -0.2) is 0 Å². The number of hydrogen-bond acceptors (Lipinski definition) is 2. The van der Waals surface area contributed by atoms with Gasteiger partial charge in [-0.3, -0.25) is 4.68 Å². The lowest BCUT2D eigenvalue weighted by atomic mass is 9.85. The molecule has 78 valence electrons. The predicted octanol–water partition coefficient (Wildman–Crippen LogP) is 1.91. The molecule has 1 aliphatic carbocycles. The Morgan fingerprint density at radius 1 is 1.50 bits per heavy atom. The molecule has 1 aromatic heterocycles. The molecule has 14 heavy (non-hydrogen) atoms. The summed E-state index contributed by atoms with van der Waals surface area (Å²) in [5.41, 5.74) is 1.16. The number of nitrogens with zero attached hydrogens (tertiary/aromatic N) is 2. The maximum atomic E-state index is 9.89. The Labute approximate surface area is 84.7 Å². The van der Waals surface area contributed by atoms with Crippen molar-refractivity contribution in [3.05, 3.63) is 18.0 Å². The van der Waals surface area contributed by atoms with E-state index in [1.54, 1.807) is 0 Å². The zero-order valence-corrected chi connectivity index (χ0v) is 8.85. The van der Waals surface area contributed by atoms with Crippen molar-refractivity contribution in [2.24, 2.45) is 5.92 Å². The van der Waals surface area contributed by atoms with Crippen LogP contribution in [0.3, 0.4) is 0 Å². The van der Waals surface area contributed by atoms with Gasteiger partial charge in [0.25, 0.3) is 0 Å². The first kappa shape index (κ1) is 9.71. The van der Waals surface area contributed by atoms with Crippen molar-refractivity contribution >= 4 is 0 Å². The highest BCUT2D eigenvalue weighted by atomic mass is 16.3. The molecule has 3 atom stereocenters. The van der Waals surface area contributed by atoms with E-state index in [0.29, 0.717) is 5.92 Å². The molecule has 1 aliphatic rings. The minimum absolute atomic E-state index is 0.187. The highest BCUT2D eigenvalue weighted by Gasteiger charge is 2.28. The van der Waals surface area contributed by atoms with Gasteiger partial charge in [-0.2, -0.15) is 5.10 Å². The van der Waals surface area contributed by atoms with Gasteiger partial charge in [0, 0.05) is 6.20 Å². The van der Waals surface area contributed by atoms with Crippen molar-refractivity contribution in [2.75, 3.05) is 0 Å². The quantitative estimate of drug-likeness (QED) is 0.741. The summed E-state index contributed by atoms with van der Waals surface area (Å²) >= 11 is 0. The van der Waals surface area contributed by atoms with E-state index in [9.17, 15) is 5.11 Å². The summed E-state index contributed by atoms with van der Waals surface area (Å²) in [6, 6.07) is 0.187. The van der Waals surface area contributed by atoms with E-state index in [0.717, 1.165) is 24.8 Å². The Kier molecular flexibility index (Phi) is 2.59. The maximum Gasteiger partial charge on any atom is 0.0780 e. The zero-order chi connectivity index (χ0) is 10.1. The second kappa shape index (κ2) is 3.73. The SMILES string of the molecule is Cc1cnn(C2CC(C)CCC2O)c1. The normalized spacial score (nSPS) is 33.2. The van der Waals surface area contributed by atoms with Crippen molar-refractivity contribution in [3.8, 4) is 0 Å². The Balaban J connectivity index is 2.15. The van der Waals surface area contributed by atoms with Crippen molar-refractivity contribution in [1.29, 1.82) is 0 Å². The number of rotatable bonds is 1. The second-order valence-electron chi connectivity index (χ2n) is 4.55. The summed E-state index contributed by atoms with van der Waals surface area (Å²) < 4.78 is 1.93. The first-order valence-electron chi connectivity index (χ1n) is 5.35. The van der Waals surface area contributed by atoms with Gasteiger partial charge in [0.2, 0.25) is 0 Å². The molecule has 3 nitrogen and oxygen atoms in total. The molecule has 1 fully saturated rings. The molecular formula is C11H18N2O. The highest BCUT2D eigenvalue weighted by molar-refractivity contribution is 5.01. The van der Waals surface area contributed by atoms with Crippen LogP contribution in [0.4, 0.5) is 0 Å². The number of aryl methyl sites for hydroxylation is 1. The average molecular weight is 194 g/mol. The summed E-state index contributed by atoms with van der Waals surface area (Å²) in [6.07, 6.45) is 6.74. The second-order valence-corrected chi connectivity index (χ2v) is 4.55. The summed E-state index contributed by atoms with van der Waals surface area (Å²) in [7, 11) is 0. The molecular weight excluding hydrogens is 176 g/mol. The van der Waals surface area contributed by atoms with Gasteiger partial charge in [0.05, 0.1) is 18.3 Å². The molecule has 1 N–H and O–H groups in total. The minimum Gasteiger partial charge on any atom is -0.391 e. The molecule has 2 rings (SSSR count). The first-order valence-corrected chi connectivity index (χ1v) is 5.35. The molecule has 0 aromatic carbocycles. The van der Waals surface area contributed by atoms with Gasteiger partial charge in [-0.1, -0.05) is 6.92 Å². The Bertz CT molecular complexity index is 308.